The van der Waals surface area contributed by atoms with Crippen molar-refractivity contribution in [3.8, 4) is 0 Å². The van der Waals surface area contributed by atoms with E-state index in [4.69, 9.17) is 9.94 Å². The number of aliphatic hydroxyl groups is 1. The lowest BCUT2D eigenvalue weighted by Crippen LogP contribution is -1.89. The minimum absolute atomic E-state index is 0.0478. The summed E-state index contributed by atoms with van der Waals surface area (Å²) < 4.78 is 0. The highest BCUT2D eigenvalue weighted by atomic mass is 16.6. The maximum Gasteiger partial charge on any atom is 0.117 e. The van der Waals surface area contributed by atoms with Crippen molar-refractivity contribution in [1.29, 1.82) is 0 Å². The fourth-order valence-electron chi connectivity index (χ4n) is 0.555. The molecule has 0 aliphatic rings. The molecule has 0 aliphatic carbocycles. The van der Waals surface area contributed by atoms with Gasteiger partial charge in [-0.05, 0) is 6.42 Å². The highest BCUT2D eigenvalue weighted by Crippen LogP contribution is 1.93. The van der Waals surface area contributed by atoms with E-state index in [2.05, 4.69) is 12.1 Å². The molecule has 0 rings (SSSR count). The molecule has 0 aromatic heterocycles. The van der Waals surface area contributed by atoms with Crippen LogP contribution < -0.4 is 0 Å². The first-order valence-corrected chi connectivity index (χ1v) is 3.66. The molecule has 0 saturated carbocycles. The second kappa shape index (κ2) is 8.43. The van der Waals surface area contributed by atoms with Gasteiger partial charge in [-0.1, -0.05) is 24.9 Å². The number of rotatable bonds is 6. The molecular formula is C7H15NO2. The van der Waals surface area contributed by atoms with Gasteiger partial charge in [0, 0.05) is 0 Å². The Morgan fingerprint density at radius 1 is 1.50 bits per heavy atom. The van der Waals surface area contributed by atoms with Gasteiger partial charge in [-0.2, -0.15) is 0 Å². The van der Waals surface area contributed by atoms with E-state index in [0.29, 0.717) is 6.61 Å². The molecule has 3 heteroatoms. The average Bonchev–Trinajstić information content (AvgIpc) is 1.97. The molecule has 0 aromatic carbocycles. The lowest BCUT2D eigenvalue weighted by Gasteiger charge is -1.95. The zero-order valence-corrected chi connectivity index (χ0v) is 6.42. The second-order valence-corrected chi connectivity index (χ2v) is 2.01. The Kier molecular flexibility index (Phi) is 7.95. The topological polar surface area (TPSA) is 41.8 Å². The normalized spacial score (nSPS) is 10.6. The number of aliphatic hydroxyl groups excluding tert-OH is 1. The first-order valence-electron chi connectivity index (χ1n) is 3.66. The van der Waals surface area contributed by atoms with Crippen LogP contribution in [0.15, 0.2) is 5.16 Å². The van der Waals surface area contributed by atoms with E-state index in [1.54, 1.807) is 0 Å². The molecule has 10 heavy (non-hydrogen) atoms. The largest absolute Gasteiger partial charge is 0.396 e. The van der Waals surface area contributed by atoms with Crippen LogP contribution in [-0.2, 0) is 4.84 Å². The highest BCUT2D eigenvalue weighted by molar-refractivity contribution is 5.57. The van der Waals surface area contributed by atoms with Crippen LogP contribution in [0.2, 0.25) is 0 Å². The summed E-state index contributed by atoms with van der Waals surface area (Å²) in [5.74, 6) is 0. The van der Waals surface area contributed by atoms with E-state index < -0.39 is 0 Å². The average molecular weight is 145 g/mol. The molecule has 0 radical (unpaired) electrons. The molecule has 0 bridgehead atoms. The van der Waals surface area contributed by atoms with Crippen LogP contribution in [0.25, 0.3) is 0 Å². The van der Waals surface area contributed by atoms with Gasteiger partial charge in [0.25, 0.3) is 0 Å². The fraction of sp³-hybridized carbons (Fsp3) is 0.857. The first-order chi connectivity index (χ1) is 4.91. The number of oxime groups is 1. The molecule has 1 N–H and O–H groups in total. The Morgan fingerprint density at radius 2 is 2.30 bits per heavy atom. The molecule has 0 aromatic rings. The summed E-state index contributed by atoms with van der Waals surface area (Å²) >= 11 is 0. The number of hydrogen-bond acceptors (Lipinski definition) is 3. The maximum atomic E-state index is 8.24. The van der Waals surface area contributed by atoms with Crippen molar-refractivity contribution in [2.75, 3.05) is 13.2 Å². The van der Waals surface area contributed by atoms with Crippen LogP contribution in [0, 0.1) is 0 Å². The Bertz CT molecular complexity index is 83.7. The fourth-order valence-corrected chi connectivity index (χ4v) is 0.555. The Hall–Kier alpha value is -0.570. The zero-order valence-electron chi connectivity index (χ0n) is 6.42. The van der Waals surface area contributed by atoms with E-state index in [-0.39, 0.29) is 6.61 Å². The van der Waals surface area contributed by atoms with Gasteiger partial charge in [0.1, 0.15) is 6.61 Å². The quantitative estimate of drug-likeness (QED) is 0.346. The van der Waals surface area contributed by atoms with Crippen LogP contribution in [0.3, 0.4) is 0 Å². The second-order valence-electron chi connectivity index (χ2n) is 2.01. The van der Waals surface area contributed by atoms with E-state index in [1.807, 2.05) is 0 Å². The highest BCUT2D eigenvalue weighted by Gasteiger charge is 1.83. The van der Waals surface area contributed by atoms with Gasteiger partial charge < -0.3 is 9.94 Å². The van der Waals surface area contributed by atoms with Crippen LogP contribution in [-0.4, -0.2) is 24.5 Å². The third kappa shape index (κ3) is 7.43. The van der Waals surface area contributed by atoms with Crippen molar-refractivity contribution in [3.63, 3.8) is 0 Å². The van der Waals surface area contributed by atoms with Gasteiger partial charge in [0.15, 0.2) is 0 Å². The lowest BCUT2D eigenvalue weighted by molar-refractivity contribution is 0.139. The Balaban J connectivity index is 2.83. The lowest BCUT2D eigenvalue weighted by atomic mass is 10.3. The molecule has 0 aliphatic heterocycles. The van der Waals surface area contributed by atoms with Gasteiger partial charge >= 0.3 is 0 Å². The molecule has 0 amide bonds. The van der Waals surface area contributed by atoms with Crippen molar-refractivity contribution in [3.05, 3.63) is 0 Å². The summed E-state index contributed by atoms with van der Waals surface area (Å²) in [6, 6.07) is 0. The van der Waals surface area contributed by atoms with Gasteiger partial charge in [-0.3, -0.25) is 0 Å². The zero-order chi connectivity index (χ0) is 7.66. The summed E-state index contributed by atoms with van der Waals surface area (Å²) in [5.41, 5.74) is 0. The van der Waals surface area contributed by atoms with Crippen LogP contribution in [0.5, 0.6) is 0 Å². The molecule has 0 unspecified atom stereocenters. The molecule has 0 atom stereocenters. The number of nitrogens with zero attached hydrogens (tertiary/aromatic N) is 1. The molecule has 0 heterocycles. The van der Waals surface area contributed by atoms with E-state index >= 15 is 0 Å². The minimum Gasteiger partial charge on any atom is -0.396 e. The monoisotopic (exact) mass is 145 g/mol. The third-order valence-electron chi connectivity index (χ3n) is 1.07. The van der Waals surface area contributed by atoms with Crippen molar-refractivity contribution in [2.45, 2.75) is 26.2 Å². The molecule has 3 nitrogen and oxygen atoms in total. The first kappa shape index (κ1) is 9.43. The standard InChI is InChI=1S/C7H15NO2/c1-2-3-4-7-10-8-5-6-9/h5,9H,2-4,6-7H2,1H3. The van der Waals surface area contributed by atoms with Crippen molar-refractivity contribution >= 4 is 6.21 Å². The van der Waals surface area contributed by atoms with Gasteiger partial charge in [0.05, 0.1) is 12.8 Å². The summed E-state index contributed by atoms with van der Waals surface area (Å²) in [6.07, 6.45) is 4.74. The molecule has 0 spiro atoms. The Labute approximate surface area is 61.7 Å². The third-order valence-corrected chi connectivity index (χ3v) is 1.07. The van der Waals surface area contributed by atoms with Gasteiger partial charge in [-0.25, -0.2) is 0 Å². The van der Waals surface area contributed by atoms with Crippen LogP contribution >= 0.6 is 0 Å². The van der Waals surface area contributed by atoms with Crippen LogP contribution in [0.1, 0.15) is 26.2 Å². The van der Waals surface area contributed by atoms with E-state index in [0.717, 1.165) is 6.42 Å². The summed E-state index contributed by atoms with van der Waals surface area (Å²) in [6.45, 7) is 2.75. The van der Waals surface area contributed by atoms with Gasteiger partial charge in [0.2, 0.25) is 0 Å². The molecular weight excluding hydrogens is 130 g/mol. The predicted octanol–water partition coefficient (Wildman–Crippen LogP) is 1.17. The smallest absolute Gasteiger partial charge is 0.117 e. The van der Waals surface area contributed by atoms with E-state index in [9.17, 15) is 0 Å². The minimum atomic E-state index is -0.0478. The number of unbranched alkanes of at least 4 members (excludes halogenated alkanes) is 2. The number of hydrogen-bond donors (Lipinski definition) is 1. The molecule has 0 saturated heterocycles. The van der Waals surface area contributed by atoms with Crippen molar-refractivity contribution in [1.82, 2.24) is 0 Å². The SMILES string of the molecule is CCCCCON=CCO. The Morgan fingerprint density at radius 3 is 2.90 bits per heavy atom. The van der Waals surface area contributed by atoms with E-state index in [1.165, 1.54) is 19.1 Å². The van der Waals surface area contributed by atoms with Gasteiger partial charge in [-0.15, -0.1) is 0 Å². The maximum absolute atomic E-state index is 8.24. The summed E-state index contributed by atoms with van der Waals surface area (Å²) in [4.78, 5) is 4.79. The summed E-state index contributed by atoms with van der Waals surface area (Å²) in [5, 5.41) is 11.7. The molecule has 60 valence electrons. The van der Waals surface area contributed by atoms with Crippen molar-refractivity contribution < 1.29 is 9.94 Å². The summed E-state index contributed by atoms with van der Waals surface area (Å²) in [7, 11) is 0. The van der Waals surface area contributed by atoms with Crippen LogP contribution in [0.4, 0.5) is 0 Å². The van der Waals surface area contributed by atoms with Crippen molar-refractivity contribution in [2.24, 2.45) is 5.16 Å². The molecule has 0 fully saturated rings. The predicted molar refractivity (Wildman–Crippen MR) is 41.1 cm³/mol.